The maximum Gasteiger partial charge on any atom is 0.210 e. The molecule has 0 fully saturated rings. The Labute approximate surface area is 130 Å². The van der Waals surface area contributed by atoms with E-state index in [0.717, 1.165) is 11.1 Å². The summed E-state index contributed by atoms with van der Waals surface area (Å²) in [5.74, 6) is -2.01. The van der Waals surface area contributed by atoms with Crippen LogP contribution in [-0.2, 0) is 14.4 Å². The van der Waals surface area contributed by atoms with Gasteiger partial charge in [-0.2, -0.15) is 0 Å². The summed E-state index contributed by atoms with van der Waals surface area (Å²) < 4.78 is 0. The first-order chi connectivity index (χ1) is 10.6. The highest BCUT2D eigenvalue weighted by Gasteiger charge is 2.28. The van der Waals surface area contributed by atoms with Crippen molar-refractivity contribution in [3.8, 4) is 0 Å². The molecule has 0 amide bonds. The van der Waals surface area contributed by atoms with E-state index >= 15 is 0 Å². The fourth-order valence-corrected chi connectivity index (χ4v) is 2.34. The molecule has 0 spiro atoms. The molecule has 0 aliphatic rings. The molecule has 112 valence electrons. The predicted octanol–water partition coefficient (Wildman–Crippen LogP) is 3.33. The van der Waals surface area contributed by atoms with E-state index in [1.807, 2.05) is 60.7 Å². The SMILES string of the molecule is CCC(=O)CC(=O)C(=O)C(c1ccccc1)c1ccccc1. The Morgan fingerprint density at radius 2 is 1.27 bits per heavy atom. The van der Waals surface area contributed by atoms with E-state index in [4.69, 9.17) is 0 Å². The van der Waals surface area contributed by atoms with Crippen molar-refractivity contribution >= 4 is 17.3 Å². The average molecular weight is 294 g/mol. The van der Waals surface area contributed by atoms with Crippen LogP contribution in [0, 0.1) is 0 Å². The fourth-order valence-electron chi connectivity index (χ4n) is 2.34. The lowest BCUT2D eigenvalue weighted by molar-refractivity contribution is -0.139. The molecule has 2 rings (SSSR count). The highest BCUT2D eigenvalue weighted by Crippen LogP contribution is 2.26. The summed E-state index contributed by atoms with van der Waals surface area (Å²) in [4.78, 5) is 36.2. The normalized spacial score (nSPS) is 10.5. The number of ketones is 3. The van der Waals surface area contributed by atoms with Gasteiger partial charge in [0.05, 0.1) is 12.3 Å². The zero-order valence-corrected chi connectivity index (χ0v) is 12.5. The first kappa shape index (κ1) is 15.8. The van der Waals surface area contributed by atoms with E-state index in [1.54, 1.807) is 6.92 Å². The first-order valence-electron chi connectivity index (χ1n) is 7.32. The minimum atomic E-state index is -0.653. The van der Waals surface area contributed by atoms with Crippen LogP contribution in [0.5, 0.6) is 0 Å². The number of Topliss-reactive ketones (excluding diaryl/α,β-unsaturated/α-hetero) is 3. The largest absolute Gasteiger partial charge is 0.299 e. The van der Waals surface area contributed by atoms with Crippen LogP contribution in [0.15, 0.2) is 60.7 Å². The number of hydrogen-bond donors (Lipinski definition) is 0. The smallest absolute Gasteiger partial charge is 0.210 e. The van der Waals surface area contributed by atoms with Gasteiger partial charge in [0.25, 0.3) is 0 Å². The Bertz CT molecular complexity index is 620. The predicted molar refractivity (Wildman–Crippen MR) is 84.7 cm³/mol. The molecule has 0 aliphatic heterocycles. The first-order valence-corrected chi connectivity index (χ1v) is 7.32. The lowest BCUT2D eigenvalue weighted by Gasteiger charge is -2.16. The second-order valence-corrected chi connectivity index (χ2v) is 5.11. The quantitative estimate of drug-likeness (QED) is 0.581. The summed E-state index contributed by atoms with van der Waals surface area (Å²) in [6.07, 6.45) is -0.0497. The van der Waals surface area contributed by atoms with E-state index in [0.29, 0.717) is 0 Å². The summed E-state index contributed by atoms with van der Waals surface area (Å²) >= 11 is 0. The maximum absolute atomic E-state index is 12.6. The molecule has 22 heavy (non-hydrogen) atoms. The van der Waals surface area contributed by atoms with Crippen LogP contribution >= 0.6 is 0 Å². The Morgan fingerprint density at radius 3 is 1.68 bits per heavy atom. The van der Waals surface area contributed by atoms with Crippen molar-refractivity contribution in [2.75, 3.05) is 0 Å². The van der Waals surface area contributed by atoms with Crippen LogP contribution in [0.4, 0.5) is 0 Å². The summed E-state index contributed by atoms with van der Waals surface area (Å²) in [7, 11) is 0. The lowest BCUT2D eigenvalue weighted by atomic mass is 9.85. The molecule has 0 aromatic heterocycles. The standard InChI is InChI=1S/C19H18O3/c1-2-16(20)13-17(21)19(22)18(14-9-5-3-6-10-14)15-11-7-4-8-12-15/h3-12,18H,2,13H2,1H3. The molecular weight excluding hydrogens is 276 g/mol. The van der Waals surface area contributed by atoms with E-state index in [-0.39, 0.29) is 18.6 Å². The molecule has 3 nitrogen and oxygen atoms in total. The third kappa shape index (κ3) is 3.76. The molecule has 0 atom stereocenters. The van der Waals surface area contributed by atoms with Gasteiger partial charge in [0.1, 0.15) is 5.78 Å². The van der Waals surface area contributed by atoms with Crippen LogP contribution in [-0.4, -0.2) is 17.3 Å². The number of hydrogen-bond acceptors (Lipinski definition) is 3. The van der Waals surface area contributed by atoms with Gasteiger partial charge in [-0.3, -0.25) is 14.4 Å². The Kier molecular flexibility index (Phi) is 5.37. The highest BCUT2D eigenvalue weighted by atomic mass is 16.2. The zero-order valence-electron chi connectivity index (χ0n) is 12.5. The zero-order chi connectivity index (χ0) is 15.9. The van der Waals surface area contributed by atoms with E-state index in [1.165, 1.54) is 0 Å². The van der Waals surface area contributed by atoms with Crippen LogP contribution in [0.25, 0.3) is 0 Å². The molecule has 3 heteroatoms. The molecule has 2 aromatic rings. The van der Waals surface area contributed by atoms with Crippen molar-refractivity contribution in [3.05, 3.63) is 71.8 Å². The molecule has 0 bridgehead atoms. The third-order valence-corrected chi connectivity index (χ3v) is 3.55. The monoisotopic (exact) mass is 294 g/mol. The maximum atomic E-state index is 12.6. The van der Waals surface area contributed by atoms with Crippen LogP contribution in [0.3, 0.4) is 0 Å². The van der Waals surface area contributed by atoms with E-state index in [9.17, 15) is 14.4 Å². The van der Waals surface area contributed by atoms with Crippen molar-refractivity contribution in [2.45, 2.75) is 25.7 Å². The van der Waals surface area contributed by atoms with Crippen molar-refractivity contribution in [3.63, 3.8) is 0 Å². The molecule has 0 heterocycles. The number of carbonyl (C=O) groups excluding carboxylic acids is 3. The fraction of sp³-hybridized carbons (Fsp3) is 0.211. The molecule has 0 unspecified atom stereocenters. The van der Waals surface area contributed by atoms with Crippen LogP contribution < -0.4 is 0 Å². The number of rotatable bonds is 7. The van der Waals surface area contributed by atoms with Gasteiger partial charge in [0.15, 0.2) is 0 Å². The molecule has 0 N–H and O–H groups in total. The van der Waals surface area contributed by atoms with Crippen molar-refractivity contribution in [2.24, 2.45) is 0 Å². The molecule has 0 aliphatic carbocycles. The second kappa shape index (κ2) is 7.46. The number of carbonyl (C=O) groups is 3. The van der Waals surface area contributed by atoms with Gasteiger partial charge in [0.2, 0.25) is 11.6 Å². The minimum absolute atomic E-state index is 0.210. The summed E-state index contributed by atoms with van der Waals surface area (Å²) in [5.41, 5.74) is 1.52. The van der Waals surface area contributed by atoms with Crippen LogP contribution in [0.2, 0.25) is 0 Å². The number of benzene rings is 2. The van der Waals surface area contributed by atoms with Gasteiger partial charge in [-0.1, -0.05) is 67.6 Å². The molecule has 0 saturated heterocycles. The Hall–Kier alpha value is -2.55. The third-order valence-electron chi connectivity index (χ3n) is 3.55. The van der Waals surface area contributed by atoms with Gasteiger partial charge >= 0.3 is 0 Å². The summed E-state index contributed by atoms with van der Waals surface area (Å²) in [6.45, 7) is 1.69. The van der Waals surface area contributed by atoms with Gasteiger partial charge in [-0.25, -0.2) is 0 Å². The lowest BCUT2D eigenvalue weighted by Crippen LogP contribution is -2.25. The van der Waals surface area contributed by atoms with Crippen molar-refractivity contribution in [1.82, 2.24) is 0 Å². The second-order valence-electron chi connectivity index (χ2n) is 5.11. The summed E-state index contributed by atoms with van der Waals surface area (Å²) in [6, 6.07) is 18.3. The molecule has 0 radical (unpaired) electrons. The highest BCUT2D eigenvalue weighted by molar-refractivity contribution is 6.42. The van der Waals surface area contributed by atoms with Gasteiger partial charge in [-0.15, -0.1) is 0 Å². The van der Waals surface area contributed by atoms with Gasteiger partial charge < -0.3 is 0 Å². The summed E-state index contributed by atoms with van der Waals surface area (Å²) in [5, 5.41) is 0. The topological polar surface area (TPSA) is 51.2 Å². The Balaban J connectivity index is 2.35. The van der Waals surface area contributed by atoms with Crippen molar-refractivity contribution < 1.29 is 14.4 Å². The van der Waals surface area contributed by atoms with Crippen molar-refractivity contribution in [1.29, 1.82) is 0 Å². The van der Waals surface area contributed by atoms with Gasteiger partial charge in [-0.05, 0) is 11.1 Å². The van der Waals surface area contributed by atoms with E-state index < -0.39 is 17.5 Å². The van der Waals surface area contributed by atoms with E-state index in [2.05, 4.69) is 0 Å². The molecule has 2 aromatic carbocycles. The minimum Gasteiger partial charge on any atom is -0.299 e. The molecular formula is C19H18O3. The Morgan fingerprint density at radius 1 is 0.818 bits per heavy atom. The molecule has 0 saturated carbocycles. The van der Waals surface area contributed by atoms with Crippen LogP contribution in [0.1, 0.15) is 36.8 Å². The average Bonchev–Trinajstić information content (AvgIpc) is 2.56. The van der Waals surface area contributed by atoms with Gasteiger partial charge in [0, 0.05) is 6.42 Å².